The largest absolute Gasteiger partial charge is 0.493 e. The average molecular weight is 491 g/mol. The maximum atomic E-state index is 12.4. The van der Waals surface area contributed by atoms with Crippen LogP contribution in [0.1, 0.15) is 23.3 Å². The van der Waals surface area contributed by atoms with Gasteiger partial charge >= 0.3 is 6.18 Å². The molecule has 0 radical (unpaired) electrons. The molecule has 1 unspecified atom stereocenters. The third-order valence-electron chi connectivity index (χ3n) is 5.85. The molecule has 1 atom stereocenters. The molecule has 0 spiro atoms. The second-order valence-corrected chi connectivity index (χ2v) is 9.18. The van der Waals surface area contributed by atoms with Crippen molar-refractivity contribution in [3.63, 3.8) is 0 Å². The molecule has 1 amide bonds. The summed E-state index contributed by atoms with van der Waals surface area (Å²) in [4.78, 5) is 23.3. The first-order valence-electron chi connectivity index (χ1n) is 10.7. The number of amides is 1. The molecule has 2 N–H and O–H groups in total. The van der Waals surface area contributed by atoms with Crippen molar-refractivity contribution >= 4 is 44.6 Å². The van der Waals surface area contributed by atoms with Crippen LogP contribution in [0.15, 0.2) is 30.7 Å². The van der Waals surface area contributed by atoms with Gasteiger partial charge in [-0.05, 0) is 37.0 Å². The highest BCUT2D eigenvalue weighted by Crippen LogP contribution is 2.38. The fraction of sp³-hybridized carbons (Fsp3) is 0.364. The molecule has 0 saturated carbocycles. The molecule has 0 aromatic carbocycles. The topological polar surface area (TPSA) is 93.4 Å². The number of halogens is 3. The van der Waals surface area contributed by atoms with Crippen LogP contribution in [0.4, 0.5) is 24.8 Å². The number of thiophene rings is 1. The maximum absolute atomic E-state index is 12.4. The molecule has 178 valence electrons. The molecule has 1 aliphatic rings. The number of pyridine rings is 1. The van der Waals surface area contributed by atoms with Crippen LogP contribution in [0.3, 0.4) is 0 Å². The molecule has 0 saturated heterocycles. The van der Waals surface area contributed by atoms with Crippen LogP contribution >= 0.6 is 11.3 Å². The summed E-state index contributed by atoms with van der Waals surface area (Å²) in [7, 11) is 1.57. The third-order valence-corrected chi connectivity index (χ3v) is 7.02. The zero-order valence-corrected chi connectivity index (χ0v) is 19.0. The number of hydrogen-bond donors (Lipinski definition) is 2. The Kier molecular flexibility index (Phi) is 5.76. The van der Waals surface area contributed by atoms with Gasteiger partial charge in [-0.2, -0.15) is 18.3 Å². The van der Waals surface area contributed by atoms with Gasteiger partial charge < -0.3 is 15.4 Å². The third kappa shape index (κ3) is 4.49. The maximum Gasteiger partial charge on any atom is 0.390 e. The molecule has 0 fully saturated rings. The quantitative estimate of drug-likeness (QED) is 0.420. The zero-order chi connectivity index (χ0) is 23.9. The van der Waals surface area contributed by atoms with Crippen LogP contribution in [-0.2, 0) is 17.6 Å². The summed E-state index contributed by atoms with van der Waals surface area (Å²) in [6.07, 6.45) is 1.66. The Morgan fingerprint density at radius 3 is 3.03 bits per heavy atom. The second-order valence-electron chi connectivity index (χ2n) is 8.09. The number of nitrogens with one attached hydrogen (secondary N) is 2. The summed E-state index contributed by atoms with van der Waals surface area (Å²) >= 11 is 1.49. The molecule has 4 aromatic rings. The van der Waals surface area contributed by atoms with Crippen LogP contribution in [0.2, 0.25) is 0 Å². The van der Waals surface area contributed by atoms with Gasteiger partial charge in [0.25, 0.3) is 0 Å². The molecule has 8 nitrogen and oxygen atoms in total. The van der Waals surface area contributed by atoms with E-state index >= 15 is 0 Å². The van der Waals surface area contributed by atoms with Crippen LogP contribution in [0.5, 0.6) is 5.75 Å². The van der Waals surface area contributed by atoms with E-state index in [0.29, 0.717) is 36.6 Å². The van der Waals surface area contributed by atoms with Crippen LogP contribution in [-0.4, -0.2) is 45.3 Å². The van der Waals surface area contributed by atoms with Crippen molar-refractivity contribution in [2.45, 2.75) is 31.9 Å². The predicted molar refractivity (Wildman–Crippen MR) is 122 cm³/mol. The van der Waals surface area contributed by atoms with E-state index in [1.165, 1.54) is 11.3 Å². The number of aromatic nitrogens is 4. The molecular formula is C22H21F3N6O2S. The number of carbonyl (C=O) groups excluding carboxylic acids is 1. The lowest BCUT2D eigenvalue weighted by atomic mass is 9.87. The Morgan fingerprint density at radius 1 is 1.38 bits per heavy atom. The number of carbonyl (C=O) groups is 1. The van der Waals surface area contributed by atoms with Gasteiger partial charge in [0.15, 0.2) is 5.75 Å². The van der Waals surface area contributed by atoms with Gasteiger partial charge in [-0.25, -0.2) is 14.5 Å². The van der Waals surface area contributed by atoms with E-state index in [1.54, 1.807) is 30.2 Å². The van der Waals surface area contributed by atoms with Gasteiger partial charge in [0.1, 0.15) is 4.83 Å². The fourth-order valence-corrected chi connectivity index (χ4v) is 5.42. The predicted octanol–water partition coefficient (Wildman–Crippen LogP) is 4.26. The highest BCUT2D eigenvalue weighted by molar-refractivity contribution is 7.18. The van der Waals surface area contributed by atoms with Gasteiger partial charge in [-0.1, -0.05) is 0 Å². The number of fused-ring (bicyclic) bond motifs is 4. The van der Waals surface area contributed by atoms with Crippen molar-refractivity contribution in [2.24, 2.45) is 5.92 Å². The standard InChI is InChI=1S/C22H21F3N6O2S/c1-33-17-11-31-13(4-6-28-31)9-16(17)29-21-27-10-15-14-3-2-12(8-18(14)34-20(15)30-21)19(32)26-7-5-22(23,24)25/h4,6,9-12H,2-3,5,7-8H2,1H3,(H,26,32)(H,27,29,30). The molecule has 12 heteroatoms. The summed E-state index contributed by atoms with van der Waals surface area (Å²) in [5.41, 5.74) is 2.70. The number of aryl methyl sites for hydroxylation is 1. The minimum atomic E-state index is -4.28. The monoisotopic (exact) mass is 490 g/mol. The van der Waals surface area contributed by atoms with Crippen molar-refractivity contribution in [1.29, 1.82) is 0 Å². The molecule has 4 aromatic heterocycles. The molecule has 1 aliphatic carbocycles. The van der Waals surface area contributed by atoms with Crippen molar-refractivity contribution in [3.8, 4) is 5.75 Å². The summed E-state index contributed by atoms with van der Waals surface area (Å²) in [5.74, 6) is 0.327. The van der Waals surface area contributed by atoms with Crippen molar-refractivity contribution in [3.05, 3.63) is 41.2 Å². The van der Waals surface area contributed by atoms with E-state index in [1.807, 2.05) is 12.1 Å². The van der Waals surface area contributed by atoms with Gasteiger partial charge in [-0.3, -0.25) is 4.79 Å². The SMILES string of the molecule is COc1cn2nccc2cc1Nc1ncc2c3c(sc2n1)CC(C(=O)NCCC(F)(F)F)CC3. The van der Waals surface area contributed by atoms with E-state index < -0.39 is 19.1 Å². The lowest BCUT2D eigenvalue weighted by Gasteiger charge is -2.21. The minimum Gasteiger partial charge on any atom is -0.493 e. The van der Waals surface area contributed by atoms with E-state index in [2.05, 4.69) is 25.7 Å². The molecule has 4 heterocycles. The summed E-state index contributed by atoms with van der Waals surface area (Å²) in [6.45, 7) is -0.396. The lowest BCUT2D eigenvalue weighted by Crippen LogP contribution is -2.35. The van der Waals surface area contributed by atoms with E-state index in [4.69, 9.17) is 4.74 Å². The number of methoxy groups -OCH3 is 1. The number of anilines is 2. The van der Waals surface area contributed by atoms with Crippen molar-refractivity contribution in [2.75, 3.05) is 19.0 Å². The van der Waals surface area contributed by atoms with Gasteiger partial charge in [0.2, 0.25) is 11.9 Å². The first-order chi connectivity index (χ1) is 16.3. The fourth-order valence-electron chi connectivity index (χ4n) is 4.15. The normalized spacial score (nSPS) is 15.9. The zero-order valence-electron chi connectivity index (χ0n) is 18.1. The van der Waals surface area contributed by atoms with E-state index in [0.717, 1.165) is 26.2 Å². The number of alkyl halides is 3. The Balaban J connectivity index is 1.33. The van der Waals surface area contributed by atoms with E-state index in [-0.39, 0.29) is 11.8 Å². The number of rotatable bonds is 6. The Labute approximate surface area is 196 Å². The van der Waals surface area contributed by atoms with Crippen molar-refractivity contribution < 1.29 is 22.7 Å². The van der Waals surface area contributed by atoms with Crippen molar-refractivity contribution in [1.82, 2.24) is 24.9 Å². The Hall–Kier alpha value is -3.41. The smallest absolute Gasteiger partial charge is 0.390 e. The van der Waals surface area contributed by atoms with Crippen LogP contribution in [0, 0.1) is 5.92 Å². The first-order valence-corrected chi connectivity index (χ1v) is 11.5. The highest BCUT2D eigenvalue weighted by atomic mass is 32.1. The second kappa shape index (κ2) is 8.75. The summed E-state index contributed by atoms with van der Waals surface area (Å²) in [5, 5.41) is 10.8. The molecular weight excluding hydrogens is 469 g/mol. The van der Waals surface area contributed by atoms with Crippen LogP contribution < -0.4 is 15.4 Å². The Morgan fingerprint density at radius 2 is 2.24 bits per heavy atom. The Bertz CT molecular complexity index is 1370. The van der Waals surface area contributed by atoms with Crippen LogP contribution in [0.25, 0.3) is 15.7 Å². The molecule has 5 rings (SSSR count). The van der Waals surface area contributed by atoms with Gasteiger partial charge in [0.05, 0.1) is 30.9 Å². The summed E-state index contributed by atoms with van der Waals surface area (Å²) in [6, 6.07) is 3.76. The number of ether oxygens (including phenoxy) is 1. The minimum absolute atomic E-state index is 0.330. The highest BCUT2D eigenvalue weighted by Gasteiger charge is 2.30. The lowest BCUT2D eigenvalue weighted by molar-refractivity contribution is -0.136. The summed E-state index contributed by atoms with van der Waals surface area (Å²) < 4.78 is 44.2. The number of nitrogens with zero attached hydrogens (tertiary/aromatic N) is 4. The molecule has 0 aliphatic heterocycles. The van der Waals surface area contributed by atoms with E-state index in [9.17, 15) is 18.0 Å². The first kappa shape index (κ1) is 22.4. The average Bonchev–Trinajstić information content (AvgIpc) is 3.40. The van der Waals surface area contributed by atoms with Gasteiger partial charge in [0, 0.05) is 35.1 Å². The number of hydrogen-bond acceptors (Lipinski definition) is 7. The molecule has 34 heavy (non-hydrogen) atoms. The van der Waals surface area contributed by atoms with Gasteiger partial charge in [-0.15, -0.1) is 11.3 Å². The molecule has 0 bridgehead atoms.